The Hall–Kier alpha value is -2.51. The molecule has 2 aromatic rings. The Bertz CT molecular complexity index is 1040. The fourth-order valence-corrected chi connectivity index (χ4v) is 4.67. The molecule has 1 aliphatic heterocycles. The first-order valence-electron chi connectivity index (χ1n) is 8.67. The number of hydrogen-bond donors (Lipinski definition) is 2. The summed E-state index contributed by atoms with van der Waals surface area (Å²) in [6, 6.07) is 10.2. The van der Waals surface area contributed by atoms with Crippen molar-refractivity contribution in [2.24, 2.45) is 11.7 Å². The van der Waals surface area contributed by atoms with E-state index in [1.54, 1.807) is 12.1 Å². The van der Waals surface area contributed by atoms with Crippen molar-refractivity contribution in [3.05, 3.63) is 59.2 Å². The van der Waals surface area contributed by atoms with Crippen LogP contribution >= 0.6 is 0 Å². The number of fused-ring (bicyclic) bond motifs is 2. The molecule has 0 saturated heterocycles. The monoisotopic (exact) mass is 386 g/mol. The first kappa shape index (κ1) is 19.3. The maximum atomic E-state index is 13.0. The maximum Gasteiger partial charge on any atom is 0.251 e. The number of amides is 1. The van der Waals surface area contributed by atoms with Crippen LogP contribution in [-0.2, 0) is 9.84 Å². The van der Waals surface area contributed by atoms with E-state index < -0.39 is 21.3 Å². The average Bonchev–Trinajstić information content (AvgIpc) is 2.65. The SMILES string of the molecule is CC(C)C(C)(CN)NC(=O)c1ccc2c(c1)S(=O)(=O)c1ccccc1C2=O. The number of rotatable bonds is 4. The first-order chi connectivity index (χ1) is 12.6. The van der Waals surface area contributed by atoms with Crippen molar-refractivity contribution in [2.45, 2.75) is 36.1 Å². The molecule has 3 rings (SSSR count). The van der Waals surface area contributed by atoms with Crippen LogP contribution in [0.1, 0.15) is 47.1 Å². The van der Waals surface area contributed by atoms with Gasteiger partial charge in [-0.2, -0.15) is 0 Å². The quantitative estimate of drug-likeness (QED) is 0.715. The zero-order valence-electron chi connectivity index (χ0n) is 15.4. The highest BCUT2D eigenvalue weighted by molar-refractivity contribution is 7.91. The van der Waals surface area contributed by atoms with E-state index in [2.05, 4.69) is 5.32 Å². The minimum Gasteiger partial charge on any atom is -0.345 e. The van der Waals surface area contributed by atoms with Gasteiger partial charge in [0, 0.05) is 23.2 Å². The van der Waals surface area contributed by atoms with E-state index in [-0.39, 0.29) is 44.7 Å². The van der Waals surface area contributed by atoms with Crippen molar-refractivity contribution in [2.75, 3.05) is 6.54 Å². The predicted molar refractivity (Wildman–Crippen MR) is 102 cm³/mol. The van der Waals surface area contributed by atoms with Crippen LogP contribution in [0.25, 0.3) is 0 Å². The third-order valence-corrected chi connectivity index (χ3v) is 7.15. The van der Waals surface area contributed by atoms with Crippen molar-refractivity contribution in [1.29, 1.82) is 0 Å². The summed E-state index contributed by atoms with van der Waals surface area (Å²) in [5.74, 6) is -0.710. The van der Waals surface area contributed by atoms with Gasteiger partial charge in [0.05, 0.1) is 15.3 Å². The lowest BCUT2D eigenvalue weighted by atomic mass is 9.88. The van der Waals surface area contributed by atoms with Crippen molar-refractivity contribution < 1.29 is 18.0 Å². The molecule has 0 radical (unpaired) electrons. The topological polar surface area (TPSA) is 106 Å². The fourth-order valence-electron chi connectivity index (χ4n) is 2.99. The van der Waals surface area contributed by atoms with Crippen LogP contribution in [0, 0.1) is 5.92 Å². The highest BCUT2D eigenvalue weighted by Gasteiger charge is 2.35. The fraction of sp³-hybridized carbons (Fsp3) is 0.300. The molecule has 0 aliphatic carbocycles. The molecule has 1 atom stereocenters. The van der Waals surface area contributed by atoms with Crippen LogP contribution in [0.3, 0.4) is 0 Å². The molecular weight excluding hydrogens is 364 g/mol. The zero-order chi connectivity index (χ0) is 20.0. The molecule has 0 bridgehead atoms. The molecule has 3 N–H and O–H groups in total. The third-order valence-electron chi connectivity index (χ3n) is 5.30. The molecule has 142 valence electrons. The molecule has 0 saturated carbocycles. The Kier molecular flexibility index (Phi) is 4.69. The Morgan fingerprint density at radius 2 is 1.74 bits per heavy atom. The van der Waals surface area contributed by atoms with E-state index in [0.29, 0.717) is 0 Å². The Morgan fingerprint density at radius 1 is 1.11 bits per heavy atom. The van der Waals surface area contributed by atoms with Gasteiger partial charge in [0.2, 0.25) is 9.84 Å². The number of sulfone groups is 1. The van der Waals surface area contributed by atoms with Gasteiger partial charge in [-0.15, -0.1) is 0 Å². The maximum absolute atomic E-state index is 13.0. The summed E-state index contributed by atoms with van der Waals surface area (Å²) in [5, 5.41) is 2.88. The van der Waals surface area contributed by atoms with Gasteiger partial charge >= 0.3 is 0 Å². The van der Waals surface area contributed by atoms with Crippen LogP contribution in [-0.4, -0.2) is 32.2 Å². The van der Waals surface area contributed by atoms with E-state index in [9.17, 15) is 18.0 Å². The predicted octanol–water partition coefficient (Wildman–Crippen LogP) is 2.17. The van der Waals surface area contributed by atoms with Crippen LogP contribution in [0.4, 0.5) is 0 Å². The number of hydrogen-bond acceptors (Lipinski definition) is 5. The molecule has 7 heteroatoms. The summed E-state index contributed by atoms with van der Waals surface area (Å²) in [6.07, 6.45) is 0. The number of carbonyl (C=O) groups excluding carboxylic acids is 2. The number of carbonyl (C=O) groups is 2. The van der Waals surface area contributed by atoms with Gasteiger partial charge in [-0.25, -0.2) is 8.42 Å². The summed E-state index contributed by atoms with van der Waals surface area (Å²) in [7, 11) is -3.88. The van der Waals surface area contributed by atoms with E-state index in [1.807, 2.05) is 20.8 Å². The van der Waals surface area contributed by atoms with Crippen LogP contribution in [0.5, 0.6) is 0 Å². The van der Waals surface area contributed by atoms with E-state index in [1.165, 1.54) is 30.3 Å². The molecule has 6 nitrogen and oxygen atoms in total. The van der Waals surface area contributed by atoms with Gasteiger partial charge in [-0.1, -0.05) is 26.0 Å². The van der Waals surface area contributed by atoms with Crippen molar-refractivity contribution in [1.82, 2.24) is 5.32 Å². The lowest BCUT2D eigenvalue weighted by Crippen LogP contribution is -2.55. The Morgan fingerprint density at radius 3 is 2.37 bits per heavy atom. The first-order valence-corrected chi connectivity index (χ1v) is 10.2. The van der Waals surface area contributed by atoms with E-state index >= 15 is 0 Å². The van der Waals surface area contributed by atoms with Crippen LogP contribution < -0.4 is 11.1 Å². The molecule has 0 aromatic heterocycles. The van der Waals surface area contributed by atoms with Gasteiger partial charge in [0.1, 0.15) is 0 Å². The number of nitrogens with one attached hydrogen (secondary N) is 1. The van der Waals surface area contributed by atoms with E-state index in [4.69, 9.17) is 5.73 Å². The van der Waals surface area contributed by atoms with E-state index in [0.717, 1.165) is 0 Å². The highest BCUT2D eigenvalue weighted by Crippen LogP contribution is 2.34. The second-order valence-electron chi connectivity index (χ2n) is 7.27. The number of nitrogens with two attached hydrogens (primary N) is 1. The van der Waals surface area contributed by atoms with Crippen molar-refractivity contribution >= 4 is 21.5 Å². The summed E-state index contributed by atoms with van der Waals surface area (Å²) in [5.41, 5.74) is 5.57. The zero-order valence-corrected chi connectivity index (χ0v) is 16.3. The minimum atomic E-state index is -3.88. The summed E-state index contributed by atoms with van der Waals surface area (Å²) in [6.45, 7) is 5.97. The van der Waals surface area contributed by atoms with Crippen LogP contribution in [0.15, 0.2) is 52.3 Å². The lowest BCUT2D eigenvalue weighted by molar-refractivity contribution is 0.0882. The highest BCUT2D eigenvalue weighted by atomic mass is 32.2. The second-order valence-corrected chi connectivity index (χ2v) is 9.16. The molecule has 27 heavy (non-hydrogen) atoms. The largest absolute Gasteiger partial charge is 0.345 e. The minimum absolute atomic E-state index is 0.0333. The van der Waals surface area contributed by atoms with Gasteiger partial charge in [0.25, 0.3) is 5.91 Å². The van der Waals surface area contributed by atoms with Crippen LogP contribution in [0.2, 0.25) is 0 Å². The van der Waals surface area contributed by atoms with Crippen molar-refractivity contribution in [3.63, 3.8) is 0 Å². The number of ketones is 1. The Labute approximate surface area is 158 Å². The molecule has 1 unspecified atom stereocenters. The molecule has 1 amide bonds. The molecule has 0 fully saturated rings. The molecule has 2 aromatic carbocycles. The Balaban J connectivity index is 2.06. The summed E-state index contributed by atoms with van der Waals surface area (Å²) in [4.78, 5) is 25.2. The van der Waals surface area contributed by atoms with Gasteiger partial charge < -0.3 is 11.1 Å². The molecular formula is C20H22N2O4S. The van der Waals surface area contributed by atoms with Gasteiger partial charge in [-0.3, -0.25) is 9.59 Å². The second kappa shape index (κ2) is 6.58. The molecule has 1 heterocycles. The van der Waals surface area contributed by atoms with Crippen molar-refractivity contribution in [3.8, 4) is 0 Å². The number of benzene rings is 2. The molecule has 0 spiro atoms. The standard InChI is InChI=1S/C20H22N2O4S/c1-12(2)20(3,11-21)22-19(24)13-8-9-15-17(10-13)27(25,26)16-7-5-4-6-14(16)18(15)23/h4-10,12H,11,21H2,1-3H3,(H,22,24). The smallest absolute Gasteiger partial charge is 0.251 e. The van der Waals surface area contributed by atoms with Gasteiger partial charge in [-0.05, 0) is 43.2 Å². The normalized spacial score (nSPS) is 17.0. The average molecular weight is 386 g/mol. The summed E-state index contributed by atoms with van der Waals surface area (Å²) >= 11 is 0. The van der Waals surface area contributed by atoms with Gasteiger partial charge in [0.15, 0.2) is 5.78 Å². The lowest BCUT2D eigenvalue weighted by Gasteiger charge is -2.33. The molecule has 1 aliphatic rings. The third kappa shape index (κ3) is 3.07. The summed E-state index contributed by atoms with van der Waals surface area (Å²) < 4.78 is 25.9.